The molecule has 0 aliphatic heterocycles. The third kappa shape index (κ3) is 2.81. The van der Waals surface area contributed by atoms with Gasteiger partial charge in [0, 0.05) is 13.0 Å². The zero-order chi connectivity index (χ0) is 11.4. The molecule has 2 aromatic heterocycles. The molecule has 2 rings (SSSR count). The standard InChI is InChI=1S/C10H12ClN3OS/c1-2-12-6-5-9-13-14-10(15-9)7-3-4-8(11)16-7/h3-4,12H,2,5-6H2,1H3. The summed E-state index contributed by atoms with van der Waals surface area (Å²) in [6.45, 7) is 3.86. The SMILES string of the molecule is CCNCCc1nnc(-c2ccc(Cl)s2)o1. The van der Waals surface area contributed by atoms with Crippen LogP contribution >= 0.6 is 22.9 Å². The number of aromatic nitrogens is 2. The van der Waals surface area contributed by atoms with E-state index in [0.29, 0.717) is 11.8 Å². The fourth-order valence-electron chi connectivity index (χ4n) is 1.26. The maximum atomic E-state index is 5.84. The Kier molecular flexibility index (Phi) is 3.93. The first-order chi connectivity index (χ1) is 7.79. The van der Waals surface area contributed by atoms with Crippen LogP contribution in [0.3, 0.4) is 0 Å². The average molecular weight is 258 g/mol. The Morgan fingerprint density at radius 3 is 3.00 bits per heavy atom. The van der Waals surface area contributed by atoms with Gasteiger partial charge in [-0.2, -0.15) is 0 Å². The minimum Gasteiger partial charge on any atom is -0.420 e. The molecular formula is C10H12ClN3OS. The Morgan fingerprint density at radius 2 is 2.31 bits per heavy atom. The zero-order valence-corrected chi connectivity index (χ0v) is 10.4. The Morgan fingerprint density at radius 1 is 1.44 bits per heavy atom. The lowest BCUT2D eigenvalue weighted by Gasteiger charge is -1.95. The highest BCUT2D eigenvalue weighted by Gasteiger charge is 2.10. The molecule has 0 aliphatic rings. The molecule has 0 amide bonds. The van der Waals surface area contributed by atoms with Crippen LogP contribution in [0.25, 0.3) is 10.8 Å². The molecule has 0 fully saturated rings. The van der Waals surface area contributed by atoms with E-state index in [9.17, 15) is 0 Å². The van der Waals surface area contributed by atoms with Crippen molar-refractivity contribution in [1.82, 2.24) is 15.5 Å². The second-order valence-corrected chi connectivity index (χ2v) is 4.92. The molecule has 1 N–H and O–H groups in total. The maximum absolute atomic E-state index is 5.84. The van der Waals surface area contributed by atoms with Gasteiger partial charge in [0.05, 0.1) is 9.21 Å². The van der Waals surface area contributed by atoms with Gasteiger partial charge in [0.15, 0.2) is 0 Å². The van der Waals surface area contributed by atoms with Gasteiger partial charge in [0.2, 0.25) is 5.89 Å². The summed E-state index contributed by atoms with van der Waals surface area (Å²) < 4.78 is 6.24. The molecule has 0 aliphatic carbocycles. The molecule has 0 saturated heterocycles. The lowest BCUT2D eigenvalue weighted by atomic mass is 10.4. The Labute approximate surface area is 103 Å². The van der Waals surface area contributed by atoms with E-state index >= 15 is 0 Å². The van der Waals surface area contributed by atoms with Crippen molar-refractivity contribution in [2.24, 2.45) is 0 Å². The molecule has 0 spiro atoms. The molecular weight excluding hydrogens is 246 g/mol. The summed E-state index contributed by atoms with van der Waals surface area (Å²) in [6, 6.07) is 3.71. The van der Waals surface area contributed by atoms with Crippen molar-refractivity contribution in [3.05, 3.63) is 22.4 Å². The lowest BCUT2D eigenvalue weighted by molar-refractivity contribution is 0.497. The van der Waals surface area contributed by atoms with Gasteiger partial charge in [-0.05, 0) is 18.7 Å². The lowest BCUT2D eigenvalue weighted by Crippen LogP contribution is -2.16. The van der Waals surface area contributed by atoms with Crippen molar-refractivity contribution in [1.29, 1.82) is 0 Å². The van der Waals surface area contributed by atoms with Crippen LogP contribution in [0.2, 0.25) is 4.34 Å². The number of hydrogen-bond donors (Lipinski definition) is 1. The molecule has 0 aromatic carbocycles. The summed E-state index contributed by atoms with van der Waals surface area (Å²) in [5.41, 5.74) is 0. The molecule has 0 bridgehead atoms. The Hall–Kier alpha value is -0.910. The molecule has 86 valence electrons. The van der Waals surface area contributed by atoms with Gasteiger partial charge >= 0.3 is 0 Å². The van der Waals surface area contributed by atoms with Gasteiger partial charge in [0.25, 0.3) is 5.89 Å². The minimum absolute atomic E-state index is 0.545. The van der Waals surface area contributed by atoms with Crippen LogP contribution in [-0.2, 0) is 6.42 Å². The molecule has 0 radical (unpaired) electrons. The van der Waals surface area contributed by atoms with Gasteiger partial charge in [-0.15, -0.1) is 21.5 Å². The molecule has 0 atom stereocenters. The van der Waals surface area contributed by atoms with Gasteiger partial charge < -0.3 is 9.73 Å². The van der Waals surface area contributed by atoms with Crippen LogP contribution < -0.4 is 5.32 Å². The summed E-state index contributed by atoms with van der Waals surface area (Å²) in [6.07, 6.45) is 0.750. The van der Waals surface area contributed by atoms with Crippen molar-refractivity contribution in [3.8, 4) is 10.8 Å². The van der Waals surface area contributed by atoms with Gasteiger partial charge in [-0.25, -0.2) is 0 Å². The smallest absolute Gasteiger partial charge is 0.257 e. The third-order valence-corrected chi connectivity index (χ3v) is 3.24. The average Bonchev–Trinajstić information content (AvgIpc) is 2.87. The first kappa shape index (κ1) is 11.6. The van der Waals surface area contributed by atoms with Gasteiger partial charge in [-0.3, -0.25) is 0 Å². The van der Waals surface area contributed by atoms with E-state index in [-0.39, 0.29) is 0 Å². The summed E-state index contributed by atoms with van der Waals surface area (Å²) in [5, 5.41) is 11.2. The predicted molar refractivity (Wildman–Crippen MR) is 64.9 cm³/mol. The number of likely N-dealkylation sites (N-methyl/N-ethyl adjacent to an activating group) is 1. The highest BCUT2D eigenvalue weighted by molar-refractivity contribution is 7.19. The topological polar surface area (TPSA) is 51.0 Å². The van der Waals surface area contributed by atoms with Crippen molar-refractivity contribution in [3.63, 3.8) is 0 Å². The van der Waals surface area contributed by atoms with Crippen molar-refractivity contribution in [2.75, 3.05) is 13.1 Å². The molecule has 0 saturated carbocycles. The highest BCUT2D eigenvalue weighted by atomic mass is 35.5. The minimum atomic E-state index is 0.545. The van der Waals surface area contributed by atoms with Crippen molar-refractivity contribution in [2.45, 2.75) is 13.3 Å². The van der Waals surface area contributed by atoms with Crippen LogP contribution in [0.15, 0.2) is 16.5 Å². The van der Waals surface area contributed by atoms with Gasteiger partial charge in [-0.1, -0.05) is 18.5 Å². The fraction of sp³-hybridized carbons (Fsp3) is 0.400. The zero-order valence-electron chi connectivity index (χ0n) is 8.86. The molecule has 2 aromatic rings. The van der Waals surface area contributed by atoms with Crippen LogP contribution in [-0.4, -0.2) is 23.3 Å². The monoisotopic (exact) mass is 257 g/mol. The van der Waals surface area contributed by atoms with E-state index in [0.717, 1.165) is 28.7 Å². The second kappa shape index (κ2) is 5.43. The number of nitrogens with one attached hydrogen (secondary N) is 1. The van der Waals surface area contributed by atoms with Crippen LogP contribution in [0.4, 0.5) is 0 Å². The third-order valence-electron chi connectivity index (χ3n) is 2.02. The van der Waals surface area contributed by atoms with Crippen LogP contribution in [0, 0.1) is 0 Å². The first-order valence-electron chi connectivity index (χ1n) is 5.08. The number of thiophene rings is 1. The van der Waals surface area contributed by atoms with Crippen LogP contribution in [0.5, 0.6) is 0 Å². The van der Waals surface area contributed by atoms with E-state index in [4.69, 9.17) is 16.0 Å². The number of rotatable bonds is 5. The molecule has 0 unspecified atom stereocenters. The van der Waals surface area contributed by atoms with E-state index in [1.807, 2.05) is 12.1 Å². The quantitative estimate of drug-likeness (QED) is 0.837. The molecule has 4 nitrogen and oxygen atoms in total. The number of halogens is 1. The fourth-order valence-corrected chi connectivity index (χ4v) is 2.22. The number of nitrogens with zero attached hydrogens (tertiary/aromatic N) is 2. The van der Waals surface area contributed by atoms with Crippen LogP contribution in [0.1, 0.15) is 12.8 Å². The maximum Gasteiger partial charge on any atom is 0.257 e. The molecule has 16 heavy (non-hydrogen) atoms. The van der Waals surface area contributed by atoms with Crippen molar-refractivity contribution < 1.29 is 4.42 Å². The Bertz CT molecular complexity index is 454. The normalized spacial score (nSPS) is 10.9. The summed E-state index contributed by atoms with van der Waals surface area (Å²) >= 11 is 7.27. The number of hydrogen-bond acceptors (Lipinski definition) is 5. The molecule has 6 heteroatoms. The summed E-state index contributed by atoms with van der Waals surface area (Å²) in [5.74, 6) is 1.20. The summed E-state index contributed by atoms with van der Waals surface area (Å²) in [4.78, 5) is 0.909. The van der Waals surface area contributed by atoms with E-state index in [2.05, 4.69) is 22.4 Å². The largest absolute Gasteiger partial charge is 0.420 e. The van der Waals surface area contributed by atoms with E-state index in [1.165, 1.54) is 11.3 Å². The van der Waals surface area contributed by atoms with E-state index in [1.54, 1.807) is 0 Å². The highest BCUT2D eigenvalue weighted by Crippen LogP contribution is 2.29. The van der Waals surface area contributed by atoms with E-state index < -0.39 is 0 Å². The summed E-state index contributed by atoms with van der Waals surface area (Å²) in [7, 11) is 0. The van der Waals surface area contributed by atoms with Gasteiger partial charge in [0.1, 0.15) is 0 Å². The molecule has 2 heterocycles. The second-order valence-electron chi connectivity index (χ2n) is 3.21. The van der Waals surface area contributed by atoms with Crippen molar-refractivity contribution >= 4 is 22.9 Å². The Balaban J connectivity index is 2.02. The first-order valence-corrected chi connectivity index (χ1v) is 6.28. The predicted octanol–water partition coefficient (Wildman–Crippen LogP) is 2.60.